The van der Waals surface area contributed by atoms with Gasteiger partial charge in [0.25, 0.3) is 0 Å². The quantitative estimate of drug-likeness (QED) is 0.719. The zero-order valence-corrected chi connectivity index (χ0v) is 11.8. The third kappa shape index (κ3) is 3.67. The van der Waals surface area contributed by atoms with Crippen molar-refractivity contribution in [3.8, 4) is 0 Å². The normalized spacial score (nSPS) is 13.0. The van der Waals surface area contributed by atoms with E-state index in [1.165, 1.54) is 0 Å². The van der Waals surface area contributed by atoms with Crippen LogP contribution in [-0.2, 0) is 6.18 Å². The maximum Gasteiger partial charge on any atom is 0.416 e. The number of alkyl halides is 3. The van der Waals surface area contributed by atoms with Gasteiger partial charge in [-0.2, -0.15) is 13.2 Å². The lowest BCUT2D eigenvalue weighted by Gasteiger charge is -2.18. The van der Waals surface area contributed by atoms with Gasteiger partial charge in [-0.1, -0.05) is 29.8 Å². The fourth-order valence-corrected chi connectivity index (χ4v) is 2.25. The van der Waals surface area contributed by atoms with E-state index >= 15 is 0 Å². The molecule has 0 aliphatic heterocycles. The van der Waals surface area contributed by atoms with Crippen LogP contribution < -0.4 is 5.32 Å². The Morgan fingerprint density at radius 2 is 1.76 bits per heavy atom. The first-order valence-corrected chi connectivity index (χ1v) is 6.54. The van der Waals surface area contributed by atoms with E-state index in [1.54, 1.807) is 31.2 Å². The molecule has 1 atom stereocenters. The van der Waals surface area contributed by atoms with Gasteiger partial charge in [-0.05, 0) is 36.8 Å². The molecular weight excluding hydrogens is 306 g/mol. The molecule has 2 aromatic rings. The average molecular weight is 318 g/mol. The van der Waals surface area contributed by atoms with Gasteiger partial charge in [0.05, 0.1) is 17.3 Å². The minimum Gasteiger partial charge on any atom is -0.376 e. The molecule has 0 bridgehead atoms. The van der Waals surface area contributed by atoms with Gasteiger partial charge < -0.3 is 5.32 Å². The van der Waals surface area contributed by atoms with Crippen molar-refractivity contribution in [3.05, 3.63) is 64.4 Å². The maximum absolute atomic E-state index is 13.8. The van der Waals surface area contributed by atoms with Gasteiger partial charge in [0.2, 0.25) is 0 Å². The summed E-state index contributed by atoms with van der Waals surface area (Å²) in [7, 11) is 0. The number of halogens is 5. The Hall–Kier alpha value is -1.75. The third-order valence-electron chi connectivity index (χ3n) is 3.04. The van der Waals surface area contributed by atoms with Crippen molar-refractivity contribution in [2.75, 3.05) is 5.32 Å². The zero-order valence-electron chi connectivity index (χ0n) is 11.0. The number of hydrogen-bond acceptors (Lipinski definition) is 1. The third-order valence-corrected chi connectivity index (χ3v) is 3.38. The lowest BCUT2D eigenvalue weighted by atomic mass is 10.1. The van der Waals surface area contributed by atoms with Crippen LogP contribution in [0.3, 0.4) is 0 Å². The summed E-state index contributed by atoms with van der Waals surface area (Å²) < 4.78 is 51.2. The van der Waals surface area contributed by atoms with E-state index in [0.717, 1.165) is 17.7 Å². The van der Waals surface area contributed by atoms with Crippen LogP contribution in [0.15, 0.2) is 42.5 Å². The second kappa shape index (κ2) is 5.93. The Labute approximate surface area is 124 Å². The molecule has 0 aromatic heterocycles. The Morgan fingerprint density at radius 3 is 2.33 bits per heavy atom. The Bertz CT molecular complexity index is 640. The molecule has 0 heterocycles. The molecule has 112 valence electrons. The predicted molar refractivity (Wildman–Crippen MR) is 74.9 cm³/mol. The van der Waals surface area contributed by atoms with Crippen LogP contribution in [0.5, 0.6) is 0 Å². The molecule has 6 heteroatoms. The van der Waals surface area contributed by atoms with Gasteiger partial charge in [0.15, 0.2) is 0 Å². The molecule has 0 spiro atoms. The molecule has 1 unspecified atom stereocenters. The second-order valence-corrected chi connectivity index (χ2v) is 4.99. The lowest BCUT2D eigenvalue weighted by molar-refractivity contribution is -0.137. The summed E-state index contributed by atoms with van der Waals surface area (Å²) in [5, 5.41) is 3.32. The first-order valence-electron chi connectivity index (χ1n) is 6.16. The van der Waals surface area contributed by atoms with Gasteiger partial charge in [-0.3, -0.25) is 0 Å². The van der Waals surface area contributed by atoms with Gasteiger partial charge in [-0.25, -0.2) is 4.39 Å². The Morgan fingerprint density at radius 1 is 1.10 bits per heavy atom. The van der Waals surface area contributed by atoms with Crippen LogP contribution in [0.1, 0.15) is 24.1 Å². The standard InChI is InChI=1S/C15H12ClF4N/c1-9(11-4-2-3-5-12(11)16)21-14-7-6-10(8-13(14)17)15(18,19)20/h2-9,21H,1H3. The number of rotatable bonds is 3. The number of nitrogens with one attached hydrogen (secondary N) is 1. The summed E-state index contributed by atoms with van der Waals surface area (Å²) in [4.78, 5) is 0. The monoisotopic (exact) mass is 317 g/mol. The SMILES string of the molecule is CC(Nc1ccc(C(F)(F)F)cc1F)c1ccccc1Cl. The molecule has 0 aliphatic rings. The number of anilines is 1. The van der Waals surface area contributed by atoms with Crippen LogP contribution in [0, 0.1) is 5.82 Å². The van der Waals surface area contributed by atoms with Gasteiger partial charge in [0, 0.05) is 5.02 Å². The van der Waals surface area contributed by atoms with E-state index in [2.05, 4.69) is 5.32 Å². The summed E-state index contributed by atoms with van der Waals surface area (Å²) in [5.74, 6) is -0.955. The van der Waals surface area contributed by atoms with Crippen molar-refractivity contribution in [3.63, 3.8) is 0 Å². The molecule has 0 amide bonds. The molecule has 2 aromatic carbocycles. The lowest BCUT2D eigenvalue weighted by Crippen LogP contribution is -2.10. The molecule has 0 saturated heterocycles. The maximum atomic E-state index is 13.8. The van der Waals surface area contributed by atoms with Gasteiger partial charge in [-0.15, -0.1) is 0 Å². The highest BCUT2D eigenvalue weighted by molar-refractivity contribution is 6.31. The molecule has 0 aliphatic carbocycles. The van der Waals surface area contributed by atoms with Gasteiger partial charge >= 0.3 is 6.18 Å². The molecule has 0 radical (unpaired) electrons. The Kier molecular flexibility index (Phi) is 4.42. The fraction of sp³-hybridized carbons (Fsp3) is 0.200. The molecule has 21 heavy (non-hydrogen) atoms. The first kappa shape index (κ1) is 15.6. The summed E-state index contributed by atoms with van der Waals surface area (Å²) in [5.41, 5.74) is -0.287. The van der Waals surface area contributed by atoms with E-state index in [1.807, 2.05) is 0 Å². The highest BCUT2D eigenvalue weighted by Gasteiger charge is 2.31. The fourth-order valence-electron chi connectivity index (χ4n) is 1.95. The summed E-state index contributed by atoms with van der Waals surface area (Å²) in [6.45, 7) is 1.75. The first-order chi connectivity index (χ1) is 9.79. The molecule has 2 rings (SSSR count). The van der Waals surface area contributed by atoms with Crippen molar-refractivity contribution >= 4 is 17.3 Å². The smallest absolute Gasteiger partial charge is 0.376 e. The zero-order chi connectivity index (χ0) is 15.6. The number of hydrogen-bond donors (Lipinski definition) is 1. The van der Waals surface area contributed by atoms with Crippen molar-refractivity contribution in [2.24, 2.45) is 0 Å². The minimum atomic E-state index is -4.56. The predicted octanol–water partition coefficient (Wildman–Crippen LogP) is 5.67. The van der Waals surface area contributed by atoms with E-state index in [-0.39, 0.29) is 11.7 Å². The summed E-state index contributed by atoms with van der Waals surface area (Å²) in [6.07, 6.45) is -4.56. The van der Waals surface area contributed by atoms with Crippen molar-refractivity contribution < 1.29 is 17.6 Å². The summed E-state index contributed by atoms with van der Waals surface area (Å²) in [6, 6.07) is 9.04. The Balaban J connectivity index is 2.23. The topological polar surface area (TPSA) is 12.0 Å². The molecule has 0 fully saturated rings. The van der Waals surface area contributed by atoms with Crippen LogP contribution >= 0.6 is 11.6 Å². The van der Waals surface area contributed by atoms with Gasteiger partial charge in [0.1, 0.15) is 5.82 Å². The van der Waals surface area contributed by atoms with E-state index in [9.17, 15) is 17.6 Å². The van der Waals surface area contributed by atoms with Crippen molar-refractivity contribution in [2.45, 2.75) is 19.1 Å². The minimum absolute atomic E-state index is 0.00424. The highest BCUT2D eigenvalue weighted by Crippen LogP contribution is 2.32. The van der Waals surface area contributed by atoms with Crippen LogP contribution in [0.25, 0.3) is 0 Å². The van der Waals surface area contributed by atoms with Crippen molar-refractivity contribution in [1.29, 1.82) is 0 Å². The van der Waals surface area contributed by atoms with E-state index in [0.29, 0.717) is 11.1 Å². The van der Waals surface area contributed by atoms with E-state index in [4.69, 9.17) is 11.6 Å². The van der Waals surface area contributed by atoms with Crippen LogP contribution in [-0.4, -0.2) is 0 Å². The van der Waals surface area contributed by atoms with E-state index < -0.39 is 17.6 Å². The number of benzene rings is 2. The molecule has 1 nitrogen and oxygen atoms in total. The summed E-state index contributed by atoms with van der Waals surface area (Å²) >= 11 is 6.03. The molecule has 1 N–H and O–H groups in total. The molecular formula is C15H12ClF4N. The average Bonchev–Trinajstić information content (AvgIpc) is 2.40. The largest absolute Gasteiger partial charge is 0.416 e. The highest BCUT2D eigenvalue weighted by atomic mass is 35.5. The van der Waals surface area contributed by atoms with Crippen LogP contribution in [0.4, 0.5) is 23.2 Å². The van der Waals surface area contributed by atoms with Crippen LogP contribution in [0.2, 0.25) is 5.02 Å². The molecule has 0 saturated carbocycles. The van der Waals surface area contributed by atoms with Crippen molar-refractivity contribution in [1.82, 2.24) is 0 Å². The second-order valence-electron chi connectivity index (χ2n) is 4.58.